The largest absolute Gasteiger partial charge is 0.396 e. The molecule has 0 fully saturated rings. The summed E-state index contributed by atoms with van der Waals surface area (Å²) in [6, 6.07) is 0. The summed E-state index contributed by atoms with van der Waals surface area (Å²) >= 11 is 0. The molecule has 0 saturated carbocycles. The van der Waals surface area contributed by atoms with Crippen LogP contribution in [0.3, 0.4) is 0 Å². The third-order valence-corrected chi connectivity index (χ3v) is 0.840. The van der Waals surface area contributed by atoms with E-state index in [0.29, 0.717) is 6.42 Å². The van der Waals surface area contributed by atoms with Crippen LogP contribution >= 0.6 is 0 Å². The standard InChI is InChI=1S/C6H13NO/c1-3-7-6(2)4-5-8/h7-8H,2-5H2,1H3. The molecule has 0 amide bonds. The van der Waals surface area contributed by atoms with Crippen molar-refractivity contribution in [2.75, 3.05) is 13.2 Å². The van der Waals surface area contributed by atoms with Crippen LogP contribution < -0.4 is 5.32 Å². The summed E-state index contributed by atoms with van der Waals surface area (Å²) in [6.45, 7) is 6.74. The first-order valence-electron chi connectivity index (χ1n) is 2.83. The van der Waals surface area contributed by atoms with Gasteiger partial charge in [0, 0.05) is 25.3 Å². The Hall–Kier alpha value is -0.500. The first-order valence-corrected chi connectivity index (χ1v) is 2.83. The summed E-state index contributed by atoms with van der Waals surface area (Å²) in [5.74, 6) is 0. The van der Waals surface area contributed by atoms with Crippen LogP contribution in [-0.4, -0.2) is 18.3 Å². The van der Waals surface area contributed by atoms with Crippen LogP contribution in [0.1, 0.15) is 13.3 Å². The van der Waals surface area contributed by atoms with Gasteiger partial charge in [-0.05, 0) is 6.92 Å². The summed E-state index contributed by atoms with van der Waals surface area (Å²) in [7, 11) is 0. The second kappa shape index (κ2) is 4.65. The van der Waals surface area contributed by atoms with Crippen molar-refractivity contribution in [1.82, 2.24) is 5.32 Å². The van der Waals surface area contributed by atoms with E-state index >= 15 is 0 Å². The van der Waals surface area contributed by atoms with Crippen molar-refractivity contribution in [3.63, 3.8) is 0 Å². The molecule has 0 atom stereocenters. The van der Waals surface area contributed by atoms with Gasteiger partial charge in [-0.2, -0.15) is 0 Å². The minimum atomic E-state index is 0.186. The van der Waals surface area contributed by atoms with Crippen LogP contribution in [-0.2, 0) is 0 Å². The normalized spacial score (nSPS) is 8.75. The van der Waals surface area contributed by atoms with Gasteiger partial charge in [-0.25, -0.2) is 0 Å². The minimum absolute atomic E-state index is 0.186. The van der Waals surface area contributed by atoms with Gasteiger partial charge in [-0.15, -0.1) is 0 Å². The van der Waals surface area contributed by atoms with Gasteiger partial charge in [-0.3, -0.25) is 0 Å². The van der Waals surface area contributed by atoms with Gasteiger partial charge < -0.3 is 10.4 Å². The van der Waals surface area contributed by atoms with Crippen molar-refractivity contribution in [1.29, 1.82) is 0 Å². The maximum absolute atomic E-state index is 8.36. The summed E-state index contributed by atoms with van der Waals surface area (Å²) < 4.78 is 0. The van der Waals surface area contributed by atoms with Gasteiger partial charge in [-0.1, -0.05) is 6.58 Å². The van der Waals surface area contributed by atoms with Crippen LogP contribution in [0.4, 0.5) is 0 Å². The van der Waals surface area contributed by atoms with Crippen LogP contribution in [0, 0.1) is 0 Å². The maximum Gasteiger partial charge on any atom is 0.0485 e. The van der Waals surface area contributed by atoms with E-state index < -0.39 is 0 Å². The van der Waals surface area contributed by atoms with E-state index in [4.69, 9.17) is 5.11 Å². The fourth-order valence-electron chi connectivity index (χ4n) is 0.473. The lowest BCUT2D eigenvalue weighted by molar-refractivity contribution is 0.296. The molecule has 0 bridgehead atoms. The summed E-state index contributed by atoms with van der Waals surface area (Å²) in [5, 5.41) is 11.4. The second-order valence-electron chi connectivity index (χ2n) is 1.61. The molecule has 0 saturated heterocycles. The van der Waals surface area contributed by atoms with E-state index in [2.05, 4.69) is 11.9 Å². The van der Waals surface area contributed by atoms with E-state index in [1.807, 2.05) is 6.92 Å². The van der Waals surface area contributed by atoms with Crippen LogP contribution in [0.25, 0.3) is 0 Å². The average molecular weight is 115 g/mol. The topological polar surface area (TPSA) is 32.3 Å². The first-order chi connectivity index (χ1) is 3.81. The minimum Gasteiger partial charge on any atom is -0.396 e. The van der Waals surface area contributed by atoms with Crippen molar-refractivity contribution in [2.45, 2.75) is 13.3 Å². The lowest BCUT2D eigenvalue weighted by Crippen LogP contribution is -2.11. The van der Waals surface area contributed by atoms with Crippen molar-refractivity contribution >= 4 is 0 Å². The lowest BCUT2D eigenvalue weighted by Gasteiger charge is -2.02. The Balaban J connectivity index is 3.06. The zero-order valence-electron chi connectivity index (χ0n) is 5.28. The fraction of sp³-hybridized carbons (Fsp3) is 0.667. The molecule has 0 aromatic heterocycles. The van der Waals surface area contributed by atoms with Crippen molar-refractivity contribution in [3.8, 4) is 0 Å². The van der Waals surface area contributed by atoms with Gasteiger partial charge >= 0.3 is 0 Å². The van der Waals surface area contributed by atoms with Gasteiger partial charge in [0.25, 0.3) is 0 Å². The third-order valence-electron chi connectivity index (χ3n) is 0.840. The molecule has 2 N–H and O–H groups in total. The smallest absolute Gasteiger partial charge is 0.0485 e. The maximum atomic E-state index is 8.36. The zero-order chi connectivity index (χ0) is 6.41. The van der Waals surface area contributed by atoms with Crippen molar-refractivity contribution in [2.24, 2.45) is 0 Å². The molecule has 2 nitrogen and oxygen atoms in total. The predicted molar refractivity (Wildman–Crippen MR) is 34.5 cm³/mol. The number of rotatable bonds is 4. The molecule has 0 aliphatic rings. The summed E-state index contributed by atoms with van der Waals surface area (Å²) in [6.07, 6.45) is 0.661. The predicted octanol–water partition coefficient (Wildman–Crippen LogP) is 0.492. The average Bonchev–Trinajstić information content (AvgIpc) is 1.68. The number of aliphatic hydroxyl groups is 1. The van der Waals surface area contributed by atoms with Gasteiger partial charge in [0.1, 0.15) is 0 Å². The SMILES string of the molecule is C=C(CCO)NCC. The third kappa shape index (κ3) is 3.68. The summed E-state index contributed by atoms with van der Waals surface area (Å²) in [5.41, 5.74) is 0.912. The van der Waals surface area contributed by atoms with E-state index in [0.717, 1.165) is 12.2 Å². The molecule has 0 aromatic carbocycles. The highest BCUT2D eigenvalue weighted by atomic mass is 16.3. The highest BCUT2D eigenvalue weighted by molar-refractivity contribution is 4.89. The number of hydrogen-bond donors (Lipinski definition) is 2. The van der Waals surface area contributed by atoms with Crippen LogP contribution in [0.2, 0.25) is 0 Å². The Labute approximate surface area is 50.2 Å². The zero-order valence-corrected chi connectivity index (χ0v) is 5.28. The monoisotopic (exact) mass is 115 g/mol. The quantitative estimate of drug-likeness (QED) is 0.559. The Morgan fingerprint density at radius 3 is 2.75 bits per heavy atom. The van der Waals surface area contributed by atoms with Crippen molar-refractivity contribution < 1.29 is 5.11 Å². The Kier molecular flexibility index (Phi) is 4.36. The molecule has 0 aromatic rings. The molecular formula is C6H13NO. The molecule has 2 heteroatoms. The second-order valence-corrected chi connectivity index (χ2v) is 1.61. The lowest BCUT2D eigenvalue weighted by atomic mass is 10.3. The molecule has 0 rings (SSSR count). The van der Waals surface area contributed by atoms with Gasteiger partial charge in [0.05, 0.1) is 0 Å². The van der Waals surface area contributed by atoms with Gasteiger partial charge in [0.2, 0.25) is 0 Å². The van der Waals surface area contributed by atoms with E-state index in [9.17, 15) is 0 Å². The molecule has 0 radical (unpaired) electrons. The molecule has 0 aliphatic heterocycles. The molecule has 0 aliphatic carbocycles. The molecule has 0 unspecified atom stereocenters. The Morgan fingerprint density at radius 2 is 2.38 bits per heavy atom. The highest BCUT2D eigenvalue weighted by Crippen LogP contribution is 1.88. The number of nitrogens with one attached hydrogen (secondary N) is 1. The molecule has 48 valence electrons. The first kappa shape index (κ1) is 7.50. The van der Waals surface area contributed by atoms with Gasteiger partial charge in [0.15, 0.2) is 0 Å². The molecule has 8 heavy (non-hydrogen) atoms. The highest BCUT2D eigenvalue weighted by Gasteiger charge is 1.85. The molecular weight excluding hydrogens is 102 g/mol. The Bertz CT molecular complexity index is 62.9. The molecule has 0 spiro atoms. The molecule has 0 heterocycles. The number of aliphatic hydroxyl groups excluding tert-OH is 1. The summed E-state index contributed by atoms with van der Waals surface area (Å²) in [4.78, 5) is 0. The van der Waals surface area contributed by atoms with Crippen LogP contribution in [0.5, 0.6) is 0 Å². The van der Waals surface area contributed by atoms with Crippen molar-refractivity contribution in [3.05, 3.63) is 12.3 Å². The van der Waals surface area contributed by atoms with Crippen LogP contribution in [0.15, 0.2) is 12.3 Å². The Morgan fingerprint density at radius 1 is 1.75 bits per heavy atom. The van der Waals surface area contributed by atoms with E-state index in [1.54, 1.807) is 0 Å². The fourth-order valence-corrected chi connectivity index (χ4v) is 0.473. The number of hydrogen-bond acceptors (Lipinski definition) is 2. The van der Waals surface area contributed by atoms with E-state index in [-0.39, 0.29) is 6.61 Å². The van der Waals surface area contributed by atoms with E-state index in [1.165, 1.54) is 0 Å².